The number of para-hydroxylation sites is 1. The summed E-state index contributed by atoms with van der Waals surface area (Å²) < 4.78 is 0. The van der Waals surface area contributed by atoms with Gasteiger partial charge in [0.05, 0.1) is 12.1 Å². The first kappa shape index (κ1) is 20.0. The molecule has 5 unspecified atom stereocenters. The summed E-state index contributed by atoms with van der Waals surface area (Å²) in [6.07, 6.45) is 10.2. The summed E-state index contributed by atoms with van der Waals surface area (Å²) in [5.41, 5.74) is 3.73. The molecule has 0 bridgehead atoms. The number of benzene rings is 2. The van der Waals surface area contributed by atoms with Gasteiger partial charge in [-0.2, -0.15) is 0 Å². The molecule has 5 rings (SSSR count). The predicted molar refractivity (Wildman–Crippen MR) is 125 cm³/mol. The molecule has 2 aromatic rings. The highest BCUT2D eigenvalue weighted by atomic mass is 16.2. The molecular weight excluding hydrogens is 384 g/mol. The number of hydrogen-bond acceptors (Lipinski definition) is 4. The third-order valence-electron chi connectivity index (χ3n) is 6.68. The van der Waals surface area contributed by atoms with Gasteiger partial charge in [0, 0.05) is 11.7 Å². The van der Waals surface area contributed by atoms with Gasteiger partial charge in [-0.3, -0.25) is 10.1 Å². The van der Waals surface area contributed by atoms with Gasteiger partial charge >= 0.3 is 0 Å². The molecule has 1 amide bonds. The Hall–Kier alpha value is -2.89. The van der Waals surface area contributed by atoms with Crippen molar-refractivity contribution >= 4 is 17.7 Å². The van der Waals surface area contributed by atoms with Gasteiger partial charge in [0.15, 0.2) is 6.29 Å². The molecule has 2 aromatic carbocycles. The van der Waals surface area contributed by atoms with E-state index in [-0.39, 0.29) is 30.2 Å². The van der Waals surface area contributed by atoms with Gasteiger partial charge < -0.3 is 15.5 Å². The standard InChI is InChI=1S/C26H30N4O/c1-18-17-21-13-7-8-14-22(21)30(18)26-28-24-23(25(31)29-26)20(15-16-27-24)12-6-5-11-19-9-3-2-4-10-19/h2-14,18,20,23-24,26-28H,15-17H2,1H3,(H,29,31)/b11-5+,12-6+. The maximum atomic E-state index is 13.2. The minimum Gasteiger partial charge on any atom is -0.336 e. The molecule has 3 aliphatic rings. The maximum Gasteiger partial charge on any atom is 0.229 e. The summed E-state index contributed by atoms with van der Waals surface area (Å²) >= 11 is 0. The number of fused-ring (bicyclic) bond motifs is 2. The molecule has 0 radical (unpaired) electrons. The highest BCUT2D eigenvalue weighted by Crippen LogP contribution is 2.34. The molecular formula is C26H30N4O. The highest BCUT2D eigenvalue weighted by molar-refractivity contribution is 5.82. The van der Waals surface area contributed by atoms with Crippen molar-refractivity contribution in [3.8, 4) is 0 Å². The van der Waals surface area contributed by atoms with E-state index in [1.807, 2.05) is 18.2 Å². The van der Waals surface area contributed by atoms with E-state index in [0.717, 1.165) is 19.4 Å². The second kappa shape index (κ2) is 8.69. The van der Waals surface area contributed by atoms with Gasteiger partial charge in [0.2, 0.25) is 5.91 Å². The van der Waals surface area contributed by atoms with Crippen molar-refractivity contribution in [1.29, 1.82) is 0 Å². The minimum absolute atomic E-state index is 0.0276. The van der Waals surface area contributed by atoms with Crippen molar-refractivity contribution in [1.82, 2.24) is 16.0 Å². The Labute approximate surface area is 184 Å². The molecule has 31 heavy (non-hydrogen) atoms. The Kier molecular flexibility index (Phi) is 5.62. The number of piperidine rings is 1. The number of hydrogen-bond donors (Lipinski definition) is 3. The van der Waals surface area contributed by atoms with Crippen molar-refractivity contribution in [3.05, 3.63) is 84.0 Å². The second-order valence-electron chi connectivity index (χ2n) is 8.73. The number of anilines is 1. The molecule has 0 saturated carbocycles. The Bertz CT molecular complexity index is 986. The third-order valence-corrected chi connectivity index (χ3v) is 6.68. The zero-order valence-corrected chi connectivity index (χ0v) is 17.9. The lowest BCUT2D eigenvalue weighted by Crippen LogP contribution is -2.73. The number of carbonyl (C=O) groups is 1. The topological polar surface area (TPSA) is 56.4 Å². The summed E-state index contributed by atoms with van der Waals surface area (Å²) in [6, 6.07) is 19.1. The van der Waals surface area contributed by atoms with Crippen molar-refractivity contribution in [3.63, 3.8) is 0 Å². The Balaban J connectivity index is 1.29. The molecule has 2 saturated heterocycles. The molecule has 160 valence electrons. The quantitative estimate of drug-likeness (QED) is 0.673. The third kappa shape index (κ3) is 4.03. The van der Waals surface area contributed by atoms with E-state index in [2.05, 4.69) is 88.5 Å². The van der Waals surface area contributed by atoms with Crippen molar-refractivity contribution in [2.75, 3.05) is 11.4 Å². The number of carbonyl (C=O) groups excluding carboxylic acids is 1. The summed E-state index contributed by atoms with van der Waals surface area (Å²) in [7, 11) is 0. The van der Waals surface area contributed by atoms with Crippen LogP contribution in [-0.2, 0) is 11.2 Å². The zero-order valence-electron chi connectivity index (χ0n) is 17.9. The normalized spacial score (nSPS) is 30.4. The number of nitrogens with zero attached hydrogens (tertiary/aromatic N) is 1. The average molecular weight is 415 g/mol. The number of amides is 1. The van der Waals surface area contributed by atoms with Crippen LogP contribution in [0.15, 0.2) is 72.8 Å². The van der Waals surface area contributed by atoms with E-state index >= 15 is 0 Å². The lowest BCUT2D eigenvalue weighted by Gasteiger charge is -2.47. The highest BCUT2D eigenvalue weighted by Gasteiger charge is 2.45. The minimum atomic E-state index is -0.194. The SMILES string of the molecule is CC1Cc2ccccc2N1C1NC(=O)C2C(/C=C/C=C/c3ccccc3)CCNC2N1. The second-order valence-corrected chi connectivity index (χ2v) is 8.73. The molecule has 0 aromatic heterocycles. The molecule has 0 spiro atoms. The summed E-state index contributed by atoms with van der Waals surface area (Å²) in [5.74, 6) is 0.224. The van der Waals surface area contributed by atoms with Crippen molar-refractivity contribution < 1.29 is 4.79 Å². The molecule has 3 N–H and O–H groups in total. The van der Waals surface area contributed by atoms with Crippen LogP contribution in [-0.4, -0.2) is 30.9 Å². The van der Waals surface area contributed by atoms with Gasteiger partial charge in [-0.05, 0) is 49.4 Å². The fourth-order valence-electron chi connectivity index (χ4n) is 5.20. The number of rotatable bonds is 4. The van der Waals surface area contributed by atoms with E-state index in [0.29, 0.717) is 6.04 Å². The van der Waals surface area contributed by atoms with Crippen LogP contribution >= 0.6 is 0 Å². The lowest BCUT2D eigenvalue weighted by molar-refractivity contribution is -0.132. The van der Waals surface area contributed by atoms with Crippen LogP contribution in [0.5, 0.6) is 0 Å². The predicted octanol–water partition coefficient (Wildman–Crippen LogP) is 3.26. The Morgan fingerprint density at radius 2 is 1.84 bits per heavy atom. The van der Waals surface area contributed by atoms with Crippen LogP contribution in [0.1, 0.15) is 24.5 Å². The smallest absolute Gasteiger partial charge is 0.229 e. The van der Waals surface area contributed by atoms with Crippen molar-refractivity contribution in [2.24, 2.45) is 11.8 Å². The van der Waals surface area contributed by atoms with Crippen LogP contribution in [0.3, 0.4) is 0 Å². The first-order valence-corrected chi connectivity index (χ1v) is 11.3. The van der Waals surface area contributed by atoms with Crippen LogP contribution in [0.4, 0.5) is 5.69 Å². The molecule has 2 fully saturated rings. The van der Waals surface area contributed by atoms with E-state index in [1.54, 1.807) is 0 Å². The summed E-state index contributed by atoms with van der Waals surface area (Å²) in [6.45, 7) is 3.12. The molecule has 3 aliphatic heterocycles. The summed E-state index contributed by atoms with van der Waals surface area (Å²) in [4.78, 5) is 15.5. The summed E-state index contributed by atoms with van der Waals surface area (Å²) in [5, 5.41) is 10.5. The molecule has 5 atom stereocenters. The zero-order chi connectivity index (χ0) is 21.2. The van der Waals surface area contributed by atoms with Crippen LogP contribution in [0, 0.1) is 11.8 Å². The Morgan fingerprint density at radius 1 is 1.03 bits per heavy atom. The van der Waals surface area contributed by atoms with Crippen LogP contribution in [0.25, 0.3) is 6.08 Å². The monoisotopic (exact) mass is 414 g/mol. The van der Waals surface area contributed by atoms with Crippen LogP contribution < -0.4 is 20.9 Å². The maximum absolute atomic E-state index is 13.2. The van der Waals surface area contributed by atoms with Crippen molar-refractivity contribution in [2.45, 2.75) is 38.3 Å². The molecule has 5 heteroatoms. The Morgan fingerprint density at radius 3 is 2.71 bits per heavy atom. The number of allylic oxidation sites excluding steroid dienone is 3. The molecule has 3 heterocycles. The van der Waals surface area contributed by atoms with Gasteiger partial charge in [-0.1, -0.05) is 72.8 Å². The van der Waals surface area contributed by atoms with Gasteiger partial charge in [0.1, 0.15) is 0 Å². The van der Waals surface area contributed by atoms with Gasteiger partial charge in [0.25, 0.3) is 0 Å². The first-order valence-electron chi connectivity index (χ1n) is 11.3. The first-order chi connectivity index (χ1) is 15.2. The fraction of sp³-hybridized carbons (Fsp3) is 0.346. The van der Waals surface area contributed by atoms with E-state index < -0.39 is 0 Å². The van der Waals surface area contributed by atoms with Gasteiger partial charge in [-0.15, -0.1) is 0 Å². The molecule has 0 aliphatic carbocycles. The van der Waals surface area contributed by atoms with E-state index in [4.69, 9.17) is 0 Å². The van der Waals surface area contributed by atoms with E-state index in [1.165, 1.54) is 16.8 Å². The largest absolute Gasteiger partial charge is 0.336 e. The number of nitrogens with one attached hydrogen (secondary N) is 3. The van der Waals surface area contributed by atoms with Gasteiger partial charge in [-0.25, -0.2) is 0 Å². The molecule has 5 nitrogen and oxygen atoms in total. The average Bonchev–Trinajstić information content (AvgIpc) is 3.13. The fourth-order valence-corrected chi connectivity index (χ4v) is 5.20. The van der Waals surface area contributed by atoms with E-state index in [9.17, 15) is 4.79 Å². The van der Waals surface area contributed by atoms with Crippen LogP contribution in [0.2, 0.25) is 0 Å². The lowest BCUT2D eigenvalue weighted by atomic mass is 9.81.